The zero-order valence-electron chi connectivity index (χ0n) is 13.2. The maximum atomic E-state index is 13.0. The average Bonchev–Trinajstić information content (AvgIpc) is 2.55. The second-order valence-electron chi connectivity index (χ2n) is 5.86. The summed E-state index contributed by atoms with van der Waals surface area (Å²) in [5, 5.41) is 19.3. The molecule has 1 aliphatic rings. The third-order valence-corrected chi connectivity index (χ3v) is 6.58. The standard InChI is InChI=1S/C18H18N2O3S/c1-13-7-5-6-10-17(13)24(22,23)20-15(11-19)18(16(20)12-21)14-8-3-2-4-9-14/h2-10,15-16,18,21H,12H2,1H3/t15-,16+,18+/m1/s1. The topological polar surface area (TPSA) is 81.4 Å². The Morgan fingerprint density at radius 3 is 2.33 bits per heavy atom. The van der Waals surface area contributed by atoms with Crippen LogP contribution >= 0.6 is 0 Å². The summed E-state index contributed by atoms with van der Waals surface area (Å²) in [5.41, 5.74) is 1.48. The molecule has 0 radical (unpaired) electrons. The first-order valence-electron chi connectivity index (χ1n) is 7.67. The van der Waals surface area contributed by atoms with E-state index < -0.39 is 22.1 Å². The van der Waals surface area contributed by atoms with Gasteiger partial charge in [0.05, 0.1) is 23.6 Å². The van der Waals surface area contributed by atoms with Gasteiger partial charge in [-0.15, -0.1) is 0 Å². The number of benzene rings is 2. The molecule has 1 heterocycles. The highest BCUT2D eigenvalue weighted by molar-refractivity contribution is 7.89. The van der Waals surface area contributed by atoms with Gasteiger partial charge < -0.3 is 5.11 Å². The highest BCUT2D eigenvalue weighted by atomic mass is 32.2. The van der Waals surface area contributed by atoms with Crippen LogP contribution in [0.3, 0.4) is 0 Å². The van der Waals surface area contributed by atoms with Gasteiger partial charge >= 0.3 is 0 Å². The van der Waals surface area contributed by atoms with Gasteiger partial charge in [0, 0.05) is 5.92 Å². The maximum absolute atomic E-state index is 13.0. The molecule has 1 saturated heterocycles. The summed E-state index contributed by atoms with van der Waals surface area (Å²) in [6, 6.07) is 16.6. The zero-order chi connectivity index (χ0) is 17.3. The second-order valence-corrected chi connectivity index (χ2v) is 7.67. The van der Waals surface area contributed by atoms with E-state index in [1.807, 2.05) is 30.3 Å². The molecule has 24 heavy (non-hydrogen) atoms. The highest BCUT2D eigenvalue weighted by Crippen LogP contribution is 2.44. The van der Waals surface area contributed by atoms with E-state index in [-0.39, 0.29) is 17.4 Å². The molecule has 6 heteroatoms. The zero-order valence-corrected chi connectivity index (χ0v) is 14.0. The van der Waals surface area contributed by atoms with Crippen LogP contribution in [0.4, 0.5) is 0 Å². The van der Waals surface area contributed by atoms with Crippen molar-refractivity contribution < 1.29 is 13.5 Å². The first kappa shape index (κ1) is 16.7. The molecule has 1 N–H and O–H groups in total. The van der Waals surface area contributed by atoms with Gasteiger partial charge in [-0.25, -0.2) is 8.42 Å². The second kappa shape index (κ2) is 6.36. The SMILES string of the molecule is Cc1ccccc1S(=O)(=O)N1[C@H](C#N)[C@H](c2ccccc2)[C@@H]1CO. The summed E-state index contributed by atoms with van der Waals surface area (Å²) in [6.07, 6.45) is 0. The van der Waals surface area contributed by atoms with Crippen LogP contribution in [0.25, 0.3) is 0 Å². The number of aliphatic hydroxyl groups excluding tert-OH is 1. The number of sulfonamides is 1. The van der Waals surface area contributed by atoms with Crippen LogP contribution in [0.1, 0.15) is 17.0 Å². The van der Waals surface area contributed by atoms with Gasteiger partial charge in [-0.1, -0.05) is 48.5 Å². The Kier molecular flexibility index (Phi) is 4.41. The minimum absolute atomic E-state index is 0.176. The monoisotopic (exact) mass is 342 g/mol. The summed E-state index contributed by atoms with van der Waals surface area (Å²) in [6.45, 7) is 1.39. The molecule has 2 aromatic carbocycles. The lowest BCUT2D eigenvalue weighted by atomic mass is 9.78. The van der Waals surface area contributed by atoms with Crippen LogP contribution in [-0.2, 0) is 10.0 Å². The molecule has 2 aromatic rings. The molecule has 1 aliphatic heterocycles. The molecule has 3 rings (SSSR count). The van der Waals surface area contributed by atoms with Gasteiger partial charge in [0.25, 0.3) is 0 Å². The molecule has 1 fully saturated rings. The van der Waals surface area contributed by atoms with E-state index in [9.17, 15) is 18.8 Å². The Balaban J connectivity index is 2.03. The van der Waals surface area contributed by atoms with Crippen molar-refractivity contribution in [2.24, 2.45) is 0 Å². The Labute approximate surface area is 141 Å². The summed E-state index contributed by atoms with van der Waals surface area (Å²) in [4.78, 5) is 0.176. The fourth-order valence-corrected chi connectivity index (χ4v) is 5.31. The number of nitriles is 1. The number of nitrogens with zero attached hydrogens (tertiary/aromatic N) is 2. The largest absolute Gasteiger partial charge is 0.395 e. The summed E-state index contributed by atoms with van der Waals surface area (Å²) >= 11 is 0. The van der Waals surface area contributed by atoms with Crippen LogP contribution in [0.15, 0.2) is 59.5 Å². The van der Waals surface area contributed by atoms with Gasteiger partial charge in [0.1, 0.15) is 6.04 Å². The number of hydrogen-bond donors (Lipinski definition) is 1. The average molecular weight is 342 g/mol. The number of rotatable bonds is 4. The van der Waals surface area contributed by atoms with Crippen LogP contribution in [0.2, 0.25) is 0 Å². The maximum Gasteiger partial charge on any atom is 0.244 e. The van der Waals surface area contributed by atoms with Gasteiger partial charge in [-0.05, 0) is 24.1 Å². The van der Waals surface area contributed by atoms with E-state index in [0.717, 1.165) is 9.87 Å². The highest BCUT2D eigenvalue weighted by Gasteiger charge is 2.55. The molecule has 0 amide bonds. The summed E-state index contributed by atoms with van der Waals surface area (Å²) < 4.78 is 27.2. The van der Waals surface area contributed by atoms with Crippen LogP contribution < -0.4 is 0 Å². The normalized spacial score (nSPS) is 24.1. The molecular formula is C18H18N2O3S. The number of hydrogen-bond acceptors (Lipinski definition) is 4. The van der Waals surface area contributed by atoms with Crippen LogP contribution in [-0.4, -0.2) is 36.5 Å². The van der Waals surface area contributed by atoms with E-state index in [4.69, 9.17) is 0 Å². The van der Waals surface area contributed by atoms with Crippen molar-refractivity contribution in [3.05, 3.63) is 65.7 Å². The Hall–Kier alpha value is -2.20. The summed E-state index contributed by atoms with van der Waals surface area (Å²) in [7, 11) is -3.85. The van der Waals surface area contributed by atoms with Crippen LogP contribution in [0, 0.1) is 18.3 Å². The van der Waals surface area contributed by atoms with Crippen LogP contribution in [0.5, 0.6) is 0 Å². The fraction of sp³-hybridized carbons (Fsp3) is 0.278. The minimum atomic E-state index is -3.85. The van der Waals surface area contributed by atoms with Crippen molar-refractivity contribution in [1.29, 1.82) is 5.26 Å². The third-order valence-electron chi connectivity index (χ3n) is 4.51. The minimum Gasteiger partial charge on any atom is -0.395 e. The molecule has 0 bridgehead atoms. The van der Waals surface area contributed by atoms with Crippen molar-refractivity contribution in [2.75, 3.05) is 6.61 Å². The quantitative estimate of drug-likeness (QED) is 0.922. The van der Waals surface area contributed by atoms with Crippen molar-refractivity contribution >= 4 is 10.0 Å². The lowest BCUT2D eigenvalue weighted by molar-refractivity contribution is 0.0556. The van der Waals surface area contributed by atoms with E-state index in [1.165, 1.54) is 6.07 Å². The molecule has 3 atom stereocenters. The molecule has 0 spiro atoms. The molecule has 124 valence electrons. The van der Waals surface area contributed by atoms with Crippen molar-refractivity contribution in [2.45, 2.75) is 29.8 Å². The molecule has 0 aromatic heterocycles. The Bertz CT molecular complexity index is 875. The van der Waals surface area contributed by atoms with Gasteiger partial charge in [0.15, 0.2) is 0 Å². The predicted molar refractivity (Wildman–Crippen MR) is 89.7 cm³/mol. The Morgan fingerprint density at radius 2 is 1.75 bits per heavy atom. The molecule has 5 nitrogen and oxygen atoms in total. The fourth-order valence-electron chi connectivity index (χ4n) is 3.33. The van der Waals surface area contributed by atoms with E-state index >= 15 is 0 Å². The van der Waals surface area contributed by atoms with Crippen molar-refractivity contribution in [3.63, 3.8) is 0 Å². The molecule has 0 saturated carbocycles. The van der Waals surface area contributed by atoms with E-state index in [1.54, 1.807) is 25.1 Å². The predicted octanol–water partition coefficient (Wildman–Crippen LogP) is 2.04. The molecule has 0 aliphatic carbocycles. The number of aliphatic hydroxyl groups is 1. The first-order valence-corrected chi connectivity index (χ1v) is 9.11. The summed E-state index contributed by atoms with van der Waals surface area (Å²) in [5.74, 6) is -0.333. The first-order chi connectivity index (χ1) is 11.5. The van der Waals surface area contributed by atoms with E-state index in [2.05, 4.69) is 6.07 Å². The van der Waals surface area contributed by atoms with Gasteiger partial charge in [-0.3, -0.25) is 0 Å². The van der Waals surface area contributed by atoms with E-state index in [0.29, 0.717) is 5.56 Å². The number of aryl methyl sites for hydroxylation is 1. The van der Waals surface area contributed by atoms with Gasteiger partial charge in [-0.2, -0.15) is 9.57 Å². The molecule has 0 unspecified atom stereocenters. The lowest BCUT2D eigenvalue weighted by Crippen LogP contribution is -2.65. The van der Waals surface area contributed by atoms with Gasteiger partial charge in [0.2, 0.25) is 10.0 Å². The smallest absolute Gasteiger partial charge is 0.244 e. The van der Waals surface area contributed by atoms with Crippen molar-refractivity contribution in [1.82, 2.24) is 4.31 Å². The van der Waals surface area contributed by atoms with Crippen molar-refractivity contribution in [3.8, 4) is 6.07 Å². The third kappa shape index (κ3) is 2.51. The Morgan fingerprint density at radius 1 is 1.12 bits per heavy atom. The molecular weight excluding hydrogens is 324 g/mol. The lowest BCUT2D eigenvalue weighted by Gasteiger charge is -2.50.